The van der Waals surface area contributed by atoms with Gasteiger partial charge < -0.3 is 10.2 Å². The standard InChI is InChI=1S/C28H35ClF3N3O4S/c1-4-25(27(37)33-21-11-6-5-7-12-21)34(17-20-10-8-9-19(2)15-20)26(36)18-35(40(3,38)39)22-13-14-24(29)23(16-22)28(30,31)32/h8-10,13-16,21,25H,4-7,11-12,17-18H2,1-3H3,(H,33,37). The molecule has 7 nitrogen and oxygen atoms in total. The second-order valence-corrected chi connectivity index (χ2v) is 12.5. The Kier molecular flexibility index (Phi) is 10.5. The minimum Gasteiger partial charge on any atom is -0.352 e. The minimum absolute atomic E-state index is 0.00593. The molecular weight excluding hydrogens is 567 g/mol. The summed E-state index contributed by atoms with van der Waals surface area (Å²) in [7, 11) is -4.20. The van der Waals surface area contributed by atoms with Crippen molar-refractivity contribution < 1.29 is 31.2 Å². The largest absolute Gasteiger partial charge is 0.417 e. The third-order valence-electron chi connectivity index (χ3n) is 7.00. The number of amides is 2. The molecule has 1 unspecified atom stereocenters. The van der Waals surface area contributed by atoms with E-state index in [4.69, 9.17) is 11.6 Å². The van der Waals surface area contributed by atoms with E-state index in [-0.39, 0.29) is 30.6 Å². The number of nitrogens with one attached hydrogen (secondary N) is 1. The second-order valence-electron chi connectivity index (χ2n) is 10.2. The van der Waals surface area contributed by atoms with Crippen LogP contribution in [0.5, 0.6) is 0 Å². The monoisotopic (exact) mass is 601 g/mol. The molecule has 1 saturated carbocycles. The maximum atomic E-state index is 13.8. The molecular formula is C28H35ClF3N3O4S. The van der Waals surface area contributed by atoms with E-state index in [1.165, 1.54) is 4.90 Å². The third kappa shape index (κ3) is 8.36. The molecule has 220 valence electrons. The van der Waals surface area contributed by atoms with Crippen molar-refractivity contribution >= 4 is 39.1 Å². The molecule has 1 aliphatic rings. The molecule has 0 saturated heterocycles. The molecule has 2 amide bonds. The number of halogens is 4. The Labute approximate surface area is 238 Å². The molecule has 0 heterocycles. The number of hydrogen-bond acceptors (Lipinski definition) is 4. The molecule has 2 aromatic rings. The summed E-state index contributed by atoms with van der Waals surface area (Å²) in [6.07, 6.45) is 1.01. The number of anilines is 1. The fourth-order valence-corrected chi connectivity index (χ4v) is 6.04. The SMILES string of the molecule is CCC(C(=O)NC1CCCCC1)N(Cc1cccc(C)c1)C(=O)CN(c1ccc(Cl)c(C(F)(F)F)c1)S(C)(=O)=O. The zero-order valence-corrected chi connectivity index (χ0v) is 24.4. The maximum Gasteiger partial charge on any atom is 0.417 e. The lowest BCUT2D eigenvalue weighted by Crippen LogP contribution is -2.54. The number of alkyl halides is 3. The lowest BCUT2D eigenvalue weighted by Gasteiger charge is -2.34. The average molecular weight is 602 g/mol. The molecule has 40 heavy (non-hydrogen) atoms. The molecule has 1 N–H and O–H groups in total. The summed E-state index contributed by atoms with van der Waals surface area (Å²) in [5.41, 5.74) is 0.0858. The molecule has 3 rings (SSSR count). The Bertz CT molecular complexity index is 1310. The molecule has 1 aliphatic carbocycles. The van der Waals surface area contributed by atoms with Gasteiger partial charge in [-0.2, -0.15) is 13.2 Å². The minimum atomic E-state index is -4.83. The van der Waals surface area contributed by atoms with Crippen molar-refractivity contribution in [3.8, 4) is 0 Å². The van der Waals surface area contributed by atoms with E-state index < -0.39 is 45.3 Å². The van der Waals surface area contributed by atoms with Crippen molar-refractivity contribution in [2.75, 3.05) is 17.1 Å². The molecule has 1 fully saturated rings. The van der Waals surface area contributed by atoms with Gasteiger partial charge in [-0.15, -0.1) is 0 Å². The Morgan fingerprint density at radius 2 is 1.77 bits per heavy atom. The highest BCUT2D eigenvalue weighted by Crippen LogP contribution is 2.37. The third-order valence-corrected chi connectivity index (χ3v) is 8.47. The van der Waals surface area contributed by atoms with Crippen LogP contribution in [0.2, 0.25) is 5.02 Å². The van der Waals surface area contributed by atoms with Gasteiger partial charge in [0.05, 0.1) is 22.5 Å². The van der Waals surface area contributed by atoms with E-state index in [0.29, 0.717) is 10.4 Å². The first-order valence-corrected chi connectivity index (χ1v) is 15.4. The van der Waals surface area contributed by atoms with Gasteiger partial charge in [-0.3, -0.25) is 13.9 Å². The van der Waals surface area contributed by atoms with Crippen LogP contribution in [0.25, 0.3) is 0 Å². The van der Waals surface area contributed by atoms with Crippen LogP contribution >= 0.6 is 11.6 Å². The van der Waals surface area contributed by atoms with Crippen LogP contribution in [-0.2, 0) is 32.3 Å². The molecule has 0 aliphatic heterocycles. The van der Waals surface area contributed by atoms with Gasteiger partial charge in [0.2, 0.25) is 21.8 Å². The van der Waals surface area contributed by atoms with Crippen LogP contribution in [0, 0.1) is 6.92 Å². The van der Waals surface area contributed by atoms with Crippen molar-refractivity contribution in [3.63, 3.8) is 0 Å². The highest BCUT2D eigenvalue weighted by Gasteiger charge is 2.36. The van der Waals surface area contributed by atoms with Gasteiger partial charge in [0.15, 0.2) is 0 Å². The molecule has 2 aromatic carbocycles. The van der Waals surface area contributed by atoms with Crippen LogP contribution < -0.4 is 9.62 Å². The average Bonchev–Trinajstić information content (AvgIpc) is 2.87. The van der Waals surface area contributed by atoms with Gasteiger partial charge in [-0.1, -0.05) is 67.6 Å². The lowest BCUT2D eigenvalue weighted by molar-refractivity contribution is -0.140. The predicted molar refractivity (Wildman–Crippen MR) is 149 cm³/mol. The molecule has 0 bridgehead atoms. The quantitative estimate of drug-likeness (QED) is 0.379. The number of benzene rings is 2. The first kappa shape index (κ1) is 31.7. The zero-order valence-electron chi connectivity index (χ0n) is 22.8. The van der Waals surface area contributed by atoms with E-state index in [1.54, 1.807) is 13.0 Å². The summed E-state index contributed by atoms with van der Waals surface area (Å²) in [5.74, 6) is -1.06. The first-order valence-electron chi connectivity index (χ1n) is 13.2. The van der Waals surface area contributed by atoms with Crippen LogP contribution in [0.3, 0.4) is 0 Å². The van der Waals surface area contributed by atoms with Crippen molar-refractivity contribution in [1.29, 1.82) is 0 Å². The smallest absolute Gasteiger partial charge is 0.352 e. The Morgan fingerprint density at radius 1 is 1.10 bits per heavy atom. The predicted octanol–water partition coefficient (Wildman–Crippen LogP) is 5.69. The number of carbonyl (C=O) groups is 2. The molecule has 12 heteroatoms. The van der Waals surface area contributed by atoms with E-state index >= 15 is 0 Å². The lowest BCUT2D eigenvalue weighted by atomic mass is 9.95. The first-order chi connectivity index (χ1) is 18.7. The zero-order chi connectivity index (χ0) is 29.7. The number of sulfonamides is 1. The van der Waals surface area contributed by atoms with Gasteiger partial charge in [-0.25, -0.2) is 8.42 Å². The number of carbonyl (C=O) groups excluding carboxylic acids is 2. The molecule has 1 atom stereocenters. The Hall–Kier alpha value is -2.79. The fourth-order valence-electron chi connectivity index (χ4n) is 4.97. The van der Waals surface area contributed by atoms with Crippen molar-refractivity contribution in [2.24, 2.45) is 0 Å². The van der Waals surface area contributed by atoms with Gasteiger partial charge in [0, 0.05) is 12.6 Å². The van der Waals surface area contributed by atoms with E-state index in [9.17, 15) is 31.2 Å². The van der Waals surface area contributed by atoms with Crippen LogP contribution in [0.1, 0.15) is 62.1 Å². The number of hydrogen-bond donors (Lipinski definition) is 1. The van der Waals surface area contributed by atoms with E-state index in [2.05, 4.69) is 5.32 Å². The number of aryl methyl sites for hydroxylation is 1. The van der Waals surface area contributed by atoms with Crippen molar-refractivity contribution in [3.05, 3.63) is 64.2 Å². The van der Waals surface area contributed by atoms with E-state index in [0.717, 1.165) is 61.6 Å². The van der Waals surface area contributed by atoms with Gasteiger partial charge in [0.25, 0.3) is 0 Å². The highest BCUT2D eigenvalue weighted by molar-refractivity contribution is 7.92. The van der Waals surface area contributed by atoms with Gasteiger partial charge >= 0.3 is 6.18 Å². The summed E-state index contributed by atoms with van der Waals surface area (Å²) in [6.45, 7) is 2.86. The maximum absolute atomic E-state index is 13.8. The Balaban J connectivity index is 1.97. The summed E-state index contributed by atoms with van der Waals surface area (Å²) >= 11 is 5.73. The highest BCUT2D eigenvalue weighted by atomic mass is 35.5. The molecule has 0 spiro atoms. The fraction of sp³-hybridized carbons (Fsp3) is 0.500. The van der Waals surface area contributed by atoms with E-state index in [1.807, 2.05) is 25.1 Å². The normalized spacial score (nSPS) is 15.4. The van der Waals surface area contributed by atoms with Crippen molar-refractivity contribution in [1.82, 2.24) is 10.2 Å². The summed E-state index contributed by atoms with van der Waals surface area (Å²) in [4.78, 5) is 28.5. The second kappa shape index (κ2) is 13.2. The molecule has 0 aromatic heterocycles. The van der Waals surface area contributed by atoms with Crippen LogP contribution in [0.4, 0.5) is 18.9 Å². The Morgan fingerprint density at radius 3 is 2.35 bits per heavy atom. The summed E-state index contributed by atoms with van der Waals surface area (Å²) in [6, 6.07) is 9.09. The number of nitrogens with zero attached hydrogens (tertiary/aromatic N) is 2. The summed E-state index contributed by atoms with van der Waals surface area (Å²) < 4.78 is 66.6. The summed E-state index contributed by atoms with van der Waals surface area (Å²) in [5, 5.41) is 2.45. The van der Waals surface area contributed by atoms with Gasteiger partial charge in [0.1, 0.15) is 12.6 Å². The van der Waals surface area contributed by atoms with Crippen LogP contribution in [-0.4, -0.2) is 50.0 Å². The molecule has 0 radical (unpaired) electrons. The van der Waals surface area contributed by atoms with Crippen molar-refractivity contribution in [2.45, 2.75) is 77.2 Å². The van der Waals surface area contributed by atoms with Crippen LogP contribution in [0.15, 0.2) is 42.5 Å². The van der Waals surface area contributed by atoms with Gasteiger partial charge in [-0.05, 0) is 49.9 Å². The topological polar surface area (TPSA) is 86.8 Å². The number of rotatable bonds is 10.